The van der Waals surface area contributed by atoms with Crippen LogP contribution in [-0.4, -0.2) is 21.9 Å². The van der Waals surface area contributed by atoms with Gasteiger partial charge in [0.2, 0.25) is 5.91 Å². The lowest BCUT2D eigenvalue weighted by atomic mass is 10.1. The third kappa shape index (κ3) is 3.83. The van der Waals surface area contributed by atoms with Crippen LogP contribution in [0.3, 0.4) is 0 Å². The topological polar surface area (TPSA) is 74.8 Å². The van der Waals surface area contributed by atoms with Gasteiger partial charge in [-0.15, -0.1) is 0 Å². The Balaban J connectivity index is 2.08. The summed E-state index contributed by atoms with van der Waals surface area (Å²) in [6, 6.07) is 14.9. The van der Waals surface area contributed by atoms with E-state index in [1.54, 1.807) is 18.2 Å². The predicted octanol–water partition coefficient (Wildman–Crippen LogP) is 3.13. The molecule has 0 radical (unpaired) electrons. The molecule has 0 aliphatic heterocycles. The Morgan fingerprint density at radius 1 is 1.12 bits per heavy atom. The fraction of sp³-hybridized carbons (Fsp3) is 0.150. The Morgan fingerprint density at radius 2 is 1.88 bits per heavy atom. The molecule has 0 fully saturated rings. The number of nitrogens with zero attached hydrogens (tertiary/aromatic N) is 1. The fourth-order valence-electron chi connectivity index (χ4n) is 2.55. The van der Waals surface area contributed by atoms with Gasteiger partial charge in [0.1, 0.15) is 5.82 Å². The maximum absolute atomic E-state index is 12.4. The van der Waals surface area contributed by atoms with E-state index in [4.69, 9.17) is 0 Å². The Kier molecular flexibility index (Phi) is 4.75. The van der Waals surface area contributed by atoms with Gasteiger partial charge >= 0.3 is 0 Å². The molecule has 0 spiro atoms. The average molecular weight is 333 g/mol. The van der Waals surface area contributed by atoms with Crippen molar-refractivity contribution in [1.29, 1.82) is 0 Å². The molecule has 5 nitrogen and oxygen atoms in total. The number of nitrogens with one attached hydrogen (secondary N) is 2. The second-order valence-corrected chi connectivity index (χ2v) is 6.02. The van der Waals surface area contributed by atoms with E-state index < -0.39 is 0 Å². The molecule has 0 saturated heterocycles. The number of para-hydroxylation sites is 1. The maximum atomic E-state index is 12.4. The molecule has 5 heteroatoms. The first kappa shape index (κ1) is 16.6. The van der Waals surface area contributed by atoms with Crippen molar-refractivity contribution in [3.05, 3.63) is 70.5 Å². The van der Waals surface area contributed by atoms with Crippen LogP contribution in [0, 0.1) is 0 Å². The van der Waals surface area contributed by atoms with Crippen LogP contribution in [0.25, 0.3) is 28.4 Å². The third-order valence-electron chi connectivity index (χ3n) is 3.66. The summed E-state index contributed by atoms with van der Waals surface area (Å²) < 4.78 is 0. The largest absolute Gasteiger partial charge is 0.350 e. The van der Waals surface area contributed by atoms with Gasteiger partial charge in [0.25, 0.3) is 5.56 Å². The summed E-state index contributed by atoms with van der Waals surface area (Å²) in [7, 11) is 0. The Hall–Kier alpha value is -3.21. The van der Waals surface area contributed by atoms with Gasteiger partial charge in [-0.25, -0.2) is 4.98 Å². The highest BCUT2D eigenvalue weighted by Crippen LogP contribution is 2.19. The molecule has 2 aromatic carbocycles. The normalized spacial score (nSPS) is 11.3. The Morgan fingerprint density at radius 3 is 2.60 bits per heavy atom. The molecule has 0 unspecified atom stereocenters. The van der Waals surface area contributed by atoms with Gasteiger partial charge in [0.15, 0.2) is 0 Å². The Labute approximate surface area is 145 Å². The number of benzene rings is 2. The summed E-state index contributed by atoms with van der Waals surface area (Å²) in [6.45, 7) is 3.80. The molecule has 126 valence electrons. The molecule has 0 aliphatic carbocycles. The van der Waals surface area contributed by atoms with Gasteiger partial charge in [-0.3, -0.25) is 9.59 Å². The van der Waals surface area contributed by atoms with E-state index in [1.807, 2.05) is 50.2 Å². The standard InChI is InChI=1S/C20H19N3O2/c1-13(2)21-17(24)12-11-14-9-6-10-16-18(14)22-19(23-20(16)25)15-7-4-3-5-8-15/h3-13H,1-2H3,(H,21,24)(H,22,23,25)/b12-11+. The van der Waals surface area contributed by atoms with Gasteiger partial charge in [0.05, 0.1) is 10.9 Å². The van der Waals surface area contributed by atoms with E-state index in [2.05, 4.69) is 15.3 Å². The van der Waals surface area contributed by atoms with Crippen molar-refractivity contribution in [2.24, 2.45) is 0 Å². The fourth-order valence-corrected chi connectivity index (χ4v) is 2.55. The van der Waals surface area contributed by atoms with Crippen molar-refractivity contribution < 1.29 is 4.79 Å². The van der Waals surface area contributed by atoms with Crippen molar-refractivity contribution in [3.63, 3.8) is 0 Å². The second-order valence-electron chi connectivity index (χ2n) is 6.02. The molecule has 1 aromatic heterocycles. The molecule has 1 heterocycles. The zero-order chi connectivity index (χ0) is 17.8. The second kappa shape index (κ2) is 7.13. The lowest BCUT2D eigenvalue weighted by Gasteiger charge is -2.06. The summed E-state index contributed by atoms with van der Waals surface area (Å²) in [4.78, 5) is 31.7. The van der Waals surface area contributed by atoms with Crippen LogP contribution in [0.15, 0.2) is 59.4 Å². The third-order valence-corrected chi connectivity index (χ3v) is 3.66. The van der Waals surface area contributed by atoms with E-state index in [9.17, 15) is 9.59 Å². The highest BCUT2D eigenvalue weighted by molar-refractivity contribution is 5.95. The molecular weight excluding hydrogens is 314 g/mol. The Bertz CT molecular complexity index is 989. The van der Waals surface area contributed by atoms with Crippen LogP contribution in [0.4, 0.5) is 0 Å². The first-order valence-electron chi connectivity index (χ1n) is 8.11. The number of H-pyrrole nitrogens is 1. The molecule has 0 bridgehead atoms. The predicted molar refractivity (Wildman–Crippen MR) is 100 cm³/mol. The molecule has 1 amide bonds. The average Bonchev–Trinajstić information content (AvgIpc) is 2.60. The van der Waals surface area contributed by atoms with E-state index in [0.717, 1.165) is 11.1 Å². The zero-order valence-corrected chi connectivity index (χ0v) is 14.1. The number of fused-ring (bicyclic) bond motifs is 1. The SMILES string of the molecule is CC(C)NC(=O)/C=C/c1cccc2c(=O)[nH]c(-c3ccccc3)nc12. The molecule has 3 rings (SSSR count). The van der Waals surface area contributed by atoms with Crippen molar-refractivity contribution in [2.75, 3.05) is 0 Å². The lowest BCUT2D eigenvalue weighted by Crippen LogP contribution is -2.28. The minimum absolute atomic E-state index is 0.0651. The number of rotatable bonds is 4. The van der Waals surface area contributed by atoms with Crippen LogP contribution in [0.2, 0.25) is 0 Å². The van der Waals surface area contributed by atoms with E-state index in [0.29, 0.717) is 16.7 Å². The molecule has 2 N–H and O–H groups in total. The van der Waals surface area contributed by atoms with Gasteiger partial charge in [-0.05, 0) is 26.0 Å². The van der Waals surface area contributed by atoms with Crippen LogP contribution in [0.1, 0.15) is 19.4 Å². The van der Waals surface area contributed by atoms with E-state index in [-0.39, 0.29) is 17.5 Å². The molecular formula is C20H19N3O2. The number of aromatic nitrogens is 2. The van der Waals surface area contributed by atoms with Crippen LogP contribution < -0.4 is 10.9 Å². The minimum atomic E-state index is -0.203. The summed E-state index contributed by atoms with van der Waals surface area (Å²) in [5, 5.41) is 3.29. The highest BCUT2D eigenvalue weighted by Gasteiger charge is 2.08. The van der Waals surface area contributed by atoms with Crippen LogP contribution in [0.5, 0.6) is 0 Å². The van der Waals surface area contributed by atoms with Crippen molar-refractivity contribution in [2.45, 2.75) is 19.9 Å². The van der Waals surface area contributed by atoms with Gasteiger partial charge in [-0.1, -0.05) is 42.5 Å². The van der Waals surface area contributed by atoms with E-state index in [1.165, 1.54) is 6.08 Å². The number of hydrogen-bond donors (Lipinski definition) is 2. The van der Waals surface area contributed by atoms with Gasteiger partial charge in [0, 0.05) is 23.2 Å². The monoisotopic (exact) mass is 333 g/mol. The molecule has 25 heavy (non-hydrogen) atoms. The molecule has 0 aliphatic rings. The quantitative estimate of drug-likeness (QED) is 0.720. The zero-order valence-electron chi connectivity index (χ0n) is 14.1. The number of hydrogen-bond acceptors (Lipinski definition) is 3. The van der Waals surface area contributed by atoms with E-state index >= 15 is 0 Å². The number of carbonyl (C=O) groups excluding carboxylic acids is 1. The number of aromatic amines is 1. The smallest absolute Gasteiger partial charge is 0.259 e. The maximum Gasteiger partial charge on any atom is 0.259 e. The van der Waals surface area contributed by atoms with Gasteiger partial charge in [-0.2, -0.15) is 0 Å². The van der Waals surface area contributed by atoms with Crippen molar-refractivity contribution in [1.82, 2.24) is 15.3 Å². The molecule has 3 aromatic rings. The minimum Gasteiger partial charge on any atom is -0.350 e. The molecule has 0 saturated carbocycles. The first-order chi connectivity index (χ1) is 12.0. The molecule has 0 atom stereocenters. The summed E-state index contributed by atoms with van der Waals surface area (Å²) in [5.41, 5.74) is 1.92. The summed E-state index contributed by atoms with van der Waals surface area (Å²) in [6.07, 6.45) is 3.14. The van der Waals surface area contributed by atoms with Crippen molar-refractivity contribution >= 4 is 22.9 Å². The highest BCUT2D eigenvalue weighted by atomic mass is 16.1. The van der Waals surface area contributed by atoms with Crippen LogP contribution >= 0.6 is 0 Å². The van der Waals surface area contributed by atoms with Crippen LogP contribution in [-0.2, 0) is 4.79 Å². The first-order valence-corrected chi connectivity index (χ1v) is 8.11. The number of carbonyl (C=O) groups is 1. The summed E-state index contributed by atoms with van der Waals surface area (Å²) >= 11 is 0. The van der Waals surface area contributed by atoms with Gasteiger partial charge < -0.3 is 10.3 Å². The summed E-state index contributed by atoms with van der Waals surface area (Å²) in [5.74, 6) is 0.325. The van der Waals surface area contributed by atoms with Crippen molar-refractivity contribution in [3.8, 4) is 11.4 Å². The number of amides is 1. The lowest BCUT2D eigenvalue weighted by molar-refractivity contribution is -0.116.